The van der Waals surface area contributed by atoms with Crippen molar-refractivity contribution in [3.05, 3.63) is 33.9 Å². The van der Waals surface area contributed by atoms with Gasteiger partial charge in [0.05, 0.1) is 4.92 Å². The molecule has 0 saturated heterocycles. The largest absolute Gasteiger partial charge is 0.480 e. The van der Waals surface area contributed by atoms with E-state index in [0.717, 1.165) is 18.4 Å². The molecular formula is C13H16N2O4. The zero-order chi connectivity index (χ0) is 14.0. The fraction of sp³-hybridized carbons (Fsp3) is 0.462. The standard InChI is InChI=1S/C13H16N2O4/c1-9-2-5-11(12(6-9)15(18)19)14(8-13(16)17)7-10-3-4-10/h2,5-6,10H,3-4,7-8H2,1H3,(H,16,17). The van der Waals surface area contributed by atoms with E-state index in [9.17, 15) is 14.9 Å². The van der Waals surface area contributed by atoms with Crippen LogP contribution in [0.25, 0.3) is 0 Å². The molecule has 0 atom stereocenters. The van der Waals surface area contributed by atoms with Crippen molar-refractivity contribution in [3.8, 4) is 0 Å². The number of aliphatic carboxylic acids is 1. The second-order valence-corrected chi connectivity index (χ2v) is 4.97. The lowest BCUT2D eigenvalue weighted by atomic mass is 10.1. The summed E-state index contributed by atoms with van der Waals surface area (Å²) in [7, 11) is 0. The van der Waals surface area contributed by atoms with Crippen LogP contribution in [0.2, 0.25) is 0 Å². The first-order valence-corrected chi connectivity index (χ1v) is 6.19. The number of hydrogen-bond acceptors (Lipinski definition) is 4. The Hall–Kier alpha value is -2.11. The molecule has 0 heterocycles. The highest BCUT2D eigenvalue weighted by molar-refractivity contribution is 5.76. The molecule has 1 aliphatic carbocycles. The lowest BCUT2D eigenvalue weighted by Gasteiger charge is -2.22. The summed E-state index contributed by atoms with van der Waals surface area (Å²) in [6, 6.07) is 4.89. The number of nitro benzene ring substituents is 1. The van der Waals surface area contributed by atoms with E-state index in [0.29, 0.717) is 18.2 Å². The molecule has 6 heteroatoms. The summed E-state index contributed by atoms with van der Waals surface area (Å²) < 4.78 is 0. The van der Waals surface area contributed by atoms with Gasteiger partial charge in [-0.15, -0.1) is 0 Å². The van der Waals surface area contributed by atoms with Crippen molar-refractivity contribution in [2.75, 3.05) is 18.0 Å². The van der Waals surface area contributed by atoms with E-state index >= 15 is 0 Å². The van der Waals surface area contributed by atoms with Crippen molar-refractivity contribution in [1.82, 2.24) is 0 Å². The van der Waals surface area contributed by atoms with Crippen molar-refractivity contribution in [1.29, 1.82) is 0 Å². The number of carboxylic acid groups (broad SMARTS) is 1. The smallest absolute Gasteiger partial charge is 0.323 e. The SMILES string of the molecule is Cc1ccc(N(CC(=O)O)CC2CC2)c([N+](=O)[O-])c1. The number of nitrogens with zero attached hydrogens (tertiary/aromatic N) is 2. The molecule has 0 aromatic heterocycles. The normalized spacial score (nSPS) is 14.2. The van der Waals surface area contributed by atoms with Gasteiger partial charge in [-0.1, -0.05) is 6.07 Å². The number of benzene rings is 1. The third kappa shape index (κ3) is 3.43. The maximum atomic E-state index is 11.1. The lowest BCUT2D eigenvalue weighted by Crippen LogP contribution is -2.32. The molecule has 0 amide bonds. The first-order chi connectivity index (χ1) is 8.97. The molecule has 102 valence electrons. The molecule has 1 aromatic rings. The van der Waals surface area contributed by atoms with Crippen LogP contribution in [-0.4, -0.2) is 29.1 Å². The molecule has 1 N–H and O–H groups in total. The van der Waals surface area contributed by atoms with Crippen molar-refractivity contribution in [3.63, 3.8) is 0 Å². The summed E-state index contributed by atoms with van der Waals surface area (Å²) in [5.41, 5.74) is 1.16. The Labute approximate surface area is 110 Å². The summed E-state index contributed by atoms with van der Waals surface area (Å²) in [6.45, 7) is 2.13. The van der Waals surface area contributed by atoms with E-state index in [1.807, 2.05) is 0 Å². The van der Waals surface area contributed by atoms with Crippen LogP contribution in [0, 0.1) is 23.0 Å². The van der Waals surface area contributed by atoms with Crippen LogP contribution in [0.4, 0.5) is 11.4 Å². The van der Waals surface area contributed by atoms with Crippen molar-refractivity contribution < 1.29 is 14.8 Å². The van der Waals surface area contributed by atoms with Crippen LogP contribution >= 0.6 is 0 Å². The van der Waals surface area contributed by atoms with Gasteiger partial charge in [-0.05, 0) is 37.3 Å². The fourth-order valence-corrected chi connectivity index (χ4v) is 2.07. The molecule has 6 nitrogen and oxygen atoms in total. The minimum Gasteiger partial charge on any atom is -0.480 e. The number of nitro groups is 1. The number of hydrogen-bond donors (Lipinski definition) is 1. The quantitative estimate of drug-likeness (QED) is 0.629. The first-order valence-electron chi connectivity index (χ1n) is 6.19. The van der Waals surface area contributed by atoms with Crippen molar-refractivity contribution in [2.45, 2.75) is 19.8 Å². The molecule has 0 radical (unpaired) electrons. The minimum atomic E-state index is -0.976. The van der Waals surface area contributed by atoms with E-state index < -0.39 is 10.9 Å². The fourth-order valence-electron chi connectivity index (χ4n) is 2.07. The van der Waals surface area contributed by atoms with Crippen LogP contribution in [0.5, 0.6) is 0 Å². The van der Waals surface area contributed by atoms with Crippen LogP contribution < -0.4 is 4.90 Å². The second-order valence-electron chi connectivity index (χ2n) is 4.97. The maximum absolute atomic E-state index is 11.1. The molecule has 2 rings (SSSR count). The number of rotatable bonds is 6. The third-order valence-electron chi connectivity index (χ3n) is 3.17. The predicted octanol–water partition coefficient (Wildman–Crippen LogP) is 2.20. The van der Waals surface area contributed by atoms with Gasteiger partial charge >= 0.3 is 5.97 Å². The van der Waals surface area contributed by atoms with Crippen LogP contribution in [-0.2, 0) is 4.79 Å². The molecule has 1 saturated carbocycles. The van der Waals surface area contributed by atoms with E-state index in [-0.39, 0.29) is 12.2 Å². The molecule has 0 spiro atoms. The maximum Gasteiger partial charge on any atom is 0.323 e. The topological polar surface area (TPSA) is 83.7 Å². The highest BCUT2D eigenvalue weighted by atomic mass is 16.6. The molecule has 0 unspecified atom stereocenters. The van der Waals surface area contributed by atoms with E-state index in [2.05, 4.69) is 0 Å². The Morgan fingerprint density at radius 3 is 2.74 bits per heavy atom. The van der Waals surface area contributed by atoms with Gasteiger partial charge in [0.1, 0.15) is 12.2 Å². The van der Waals surface area contributed by atoms with Crippen LogP contribution in [0.1, 0.15) is 18.4 Å². The Kier molecular flexibility index (Phi) is 3.69. The van der Waals surface area contributed by atoms with E-state index in [1.54, 1.807) is 24.0 Å². The van der Waals surface area contributed by atoms with Crippen LogP contribution in [0.3, 0.4) is 0 Å². The molecule has 0 bridgehead atoms. The van der Waals surface area contributed by atoms with Gasteiger partial charge in [0, 0.05) is 12.6 Å². The zero-order valence-electron chi connectivity index (χ0n) is 10.7. The Morgan fingerprint density at radius 2 is 2.21 bits per heavy atom. The Balaban J connectivity index is 2.33. The highest BCUT2D eigenvalue weighted by Crippen LogP contribution is 2.35. The zero-order valence-corrected chi connectivity index (χ0v) is 10.7. The monoisotopic (exact) mass is 264 g/mol. The van der Waals surface area contributed by atoms with Gasteiger partial charge in [-0.2, -0.15) is 0 Å². The average Bonchev–Trinajstić information content (AvgIpc) is 3.11. The molecule has 1 aromatic carbocycles. The number of carbonyl (C=O) groups is 1. The Morgan fingerprint density at radius 1 is 1.53 bits per heavy atom. The van der Waals surface area contributed by atoms with Gasteiger partial charge < -0.3 is 10.0 Å². The minimum absolute atomic E-state index is 0.0260. The van der Waals surface area contributed by atoms with E-state index in [1.165, 1.54) is 6.07 Å². The van der Waals surface area contributed by atoms with Crippen LogP contribution in [0.15, 0.2) is 18.2 Å². The number of anilines is 1. The van der Waals surface area contributed by atoms with Gasteiger partial charge in [0.25, 0.3) is 5.69 Å². The third-order valence-corrected chi connectivity index (χ3v) is 3.17. The average molecular weight is 264 g/mol. The van der Waals surface area contributed by atoms with Gasteiger partial charge in [-0.25, -0.2) is 0 Å². The van der Waals surface area contributed by atoms with E-state index in [4.69, 9.17) is 5.11 Å². The molecule has 1 aliphatic rings. The molecular weight excluding hydrogens is 248 g/mol. The summed E-state index contributed by atoms with van der Waals surface area (Å²) in [4.78, 5) is 23.2. The van der Waals surface area contributed by atoms with Gasteiger partial charge in [-0.3, -0.25) is 14.9 Å². The molecule has 0 aliphatic heterocycles. The number of aryl methyl sites for hydroxylation is 1. The second kappa shape index (κ2) is 5.26. The summed E-state index contributed by atoms with van der Waals surface area (Å²) in [5, 5.41) is 20.0. The van der Waals surface area contributed by atoms with Crippen molar-refractivity contribution in [2.24, 2.45) is 5.92 Å². The van der Waals surface area contributed by atoms with Crippen molar-refractivity contribution >= 4 is 17.3 Å². The summed E-state index contributed by atoms with van der Waals surface area (Å²) in [6.07, 6.45) is 2.13. The first kappa shape index (κ1) is 13.3. The summed E-state index contributed by atoms with van der Waals surface area (Å²) >= 11 is 0. The summed E-state index contributed by atoms with van der Waals surface area (Å²) in [5.74, 6) is -0.518. The van der Waals surface area contributed by atoms with Gasteiger partial charge in [0.2, 0.25) is 0 Å². The molecule has 19 heavy (non-hydrogen) atoms. The van der Waals surface area contributed by atoms with Gasteiger partial charge in [0.15, 0.2) is 0 Å². The lowest BCUT2D eigenvalue weighted by molar-refractivity contribution is -0.384. The predicted molar refractivity (Wildman–Crippen MR) is 70.4 cm³/mol. The highest BCUT2D eigenvalue weighted by Gasteiger charge is 2.28. The molecule has 1 fully saturated rings. The Bertz CT molecular complexity index is 511. The number of carboxylic acids is 1.